The first-order chi connectivity index (χ1) is 10.1. The third-order valence-electron chi connectivity index (χ3n) is 4.27. The lowest BCUT2D eigenvalue weighted by molar-refractivity contribution is -0.140. The van der Waals surface area contributed by atoms with Crippen LogP contribution >= 0.6 is 0 Å². The van der Waals surface area contributed by atoms with Gasteiger partial charge in [0.05, 0.1) is 6.54 Å². The highest BCUT2D eigenvalue weighted by atomic mass is 16.5. The number of rotatable bonds is 10. The van der Waals surface area contributed by atoms with Crippen LogP contribution in [0, 0.1) is 5.92 Å². The van der Waals surface area contributed by atoms with Crippen molar-refractivity contribution in [2.45, 2.75) is 50.6 Å². The van der Waals surface area contributed by atoms with E-state index >= 15 is 0 Å². The van der Waals surface area contributed by atoms with E-state index in [1.165, 1.54) is 12.8 Å². The van der Waals surface area contributed by atoms with Gasteiger partial charge in [-0.15, -0.1) is 0 Å². The van der Waals surface area contributed by atoms with Crippen molar-refractivity contribution in [1.29, 1.82) is 0 Å². The molecule has 0 heterocycles. The van der Waals surface area contributed by atoms with Crippen LogP contribution in [0.3, 0.4) is 0 Å². The number of carboxylic acid groups (broad SMARTS) is 1. The third-order valence-corrected chi connectivity index (χ3v) is 4.27. The number of hydrogen-bond donors (Lipinski definition) is 2. The molecule has 0 saturated heterocycles. The number of ether oxygens (including phenoxy) is 1. The van der Waals surface area contributed by atoms with Gasteiger partial charge in [-0.2, -0.15) is 0 Å². The molecule has 0 aromatic rings. The molecule has 2 aliphatic rings. The van der Waals surface area contributed by atoms with Gasteiger partial charge in [0.25, 0.3) is 0 Å². The highest BCUT2D eigenvalue weighted by Gasteiger charge is 2.37. The van der Waals surface area contributed by atoms with Gasteiger partial charge in [-0.1, -0.05) is 0 Å². The first kappa shape index (κ1) is 16.2. The van der Waals surface area contributed by atoms with Crippen molar-refractivity contribution in [3.05, 3.63) is 0 Å². The van der Waals surface area contributed by atoms with Crippen LogP contribution in [-0.4, -0.2) is 60.8 Å². The van der Waals surface area contributed by atoms with Crippen LogP contribution in [0.15, 0.2) is 0 Å². The van der Waals surface area contributed by atoms with Crippen LogP contribution in [0.2, 0.25) is 0 Å². The highest BCUT2D eigenvalue weighted by Crippen LogP contribution is 2.33. The second kappa shape index (κ2) is 7.75. The Balaban J connectivity index is 1.65. The second-order valence-corrected chi connectivity index (χ2v) is 6.25. The van der Waals surface area contributed by atoms with Crippen LogP contribution < -0.4 is 5.32 Å². The Hall–Kier alpha value is -1.14. The standard InChI is InChI=1S/C15H26N2O4/c1-21-6-2-3-14(18)16-12-7-13(8-12)17(10-15(19)20)9-11-4-5-11/h11-13H,2-10H2,1H3,(H,16,18)(H,19,20). The number of methoxy groups -OCH3 is 1. The number of amides is 1. The summed E-state index contributed by atoms with van der Waals surface area (Å²) >= 11 is 0. The molecule has 2 rings (SSSR count). The molecule has 0 radical (unpaired) electrons. The van der Waals surface area contributed by atoms with E-state index in [0.717, 1.165) is 25.8 Å². The Kier molecular flexibility index (Phi) is 5.99. The molecule has 6 nitrogen and oxygen atoms in total. The molecule has 0 aromatic heterocycles. The van der Waals surface area contributed by atoms with Gasteiger partial charge in [0, 0.05) is 38.8 Å². The van der Waals surface area contributed by atoms with E-state index in [0.29, 0.717) is 25.0 Å². The second-order valence-electron chi connectivity index (χ2n) is 6.25. The average molecular weight is 298 g/mol. The van der Waals surface area contributed by atoms with Crippen molar-refractivity contribution in [2.24, 2.45) is 5.92 Å². The summed E-state index contributed by atoms with van der Waals surface area (Å²) in [5.74, 6) is -0.00258. The topological polar surface area (TPSA) is 78.9 Å². The number of carbonyl (C=O) groups excluding carboxylic acids is 1. The van der Waals surface area contributed by atoms with Gasteiger partial charge in [0.15, 0.2) is 0 Å². The fraction of sp³-hybridized carbons (Fsp3) is 0.867. The monoisotopic (exact) mass is 298 g/mol. The van der Waals surface area contributed by atoms with Crippen molar-refractivity contribution in [3.63, 3.8) is 0 Å². The maximum atomic E-state index is 11.7. The fourth-order valence-corrected chi connectivity index (χ4v) is 2.83. The van der Waals surface area contributed by atoms with Crippen molar-refractivity contribution < 1.29 is 19.4 Å². The summed E-state index contributed by atoms with van der Waals surface area (Å²) in [4.78, 5) is 24.7. The molecule has 0 spiro atoms. The van der Waals surface area contributed by atoms with E-state index in [1.54, 1.807) is 7.11 Å². The Morgan fingerprint density at radius 2 is 2.05 bits per heavy atom. The third kappa shape index (κ3) is 5.63. The highest BCUT2D eigenvalue weighted by molar-refractivity contribution is 5.76. The summed E-state index contributed by atoms with van der Waals surface area (Å²) in [6, 6.07) is 0.520. The number of nitrogens with one attached hydrogen (secondary N) is 1. The molecule has 1 amide bonds. The minimum atomic E-state index is -0.761. The summed E-state index contributed by atoms with van der Waals surface area (Å²) in [6.07, 6.45) is 5.43. The fourth-order valence-electron chi connectivity index (χ4n) is 2.83. The van der Waals surface area contributed by atoms with Crippen LogP contribution in [0.25, 0.3) is 0 Å². The van der Waals surface area contributed by atoms with E-state index < -0.39 is 5.97 Å². The molecule has 0 aliphatic heterocycles. The molecule has 0 bridgehead atoms. The van der Waals surface area contributed by atoms with Crippen molar-refractivity contribution in [1.82, 2.24) is 10.2 Å². The maximum absolute atomic E-state index is 11.7. The van der Waals surface area contributed by atoms with E-state index in [9.17, 15) is 9.59 Å². The van der Waals surface area contributed by atoms with E-state index in [1.807, 2.05) is 0 Å². The number of carboxylic acids is 1. The van der Waals surface area contributed by atoms with Gasteiger partial charge in [0.1, 0.15) is 0 Å². The predicted molar refractivity (Wildman–Crippen MR) is 78.0 cm³/mol. The Bertz CT molecular complexity index is 365. The van der Waals surface area contributed by atoms with Gasteiger partial charge < -0.3 is 15.2 Å². The lowest BCUT2D eigenvalue weighted by Gasteiger charge is -2.42. The van der Waals surface area contributed by atoms with Crippen LogP contribution in [0.4, 0.5) is 0 Å². The minimum Gasteiger partial charge on any atom is -0.480 e. The lowest BCUT2D eigenvalue weighted by Crippen LogP contribution is -2.55. The molecule has 2 saturated carbocycles. The number of nitrogens with zero attached hydrogens (tertiary/aromatic N) is 1. The summed E-state index contributed by atoms with van der Waals surface area (Å²) in [5, 5.41) is 12.0. The maximum Gasteiger partial charge on any atom is 0.317 e. The Morgan fingerprint density at radius 1 is 1.33 bits per heavy atom. The van der Waals surface area contributed by atoms with Crippen molar-refractivity contribution >= 4 is 11.9 Å². The molecular formula is C15H26N2O4. The molecule has 2 fully saturated rings. The summed E-state index contributed by atoms with van der Waals surface area (Å²) < 4.78 is 4.92. The Morgan fingerprint density at radius 3 is 2.62 bits per heavy atom. The number of aliphatic carboxylic acids is 1. The number of carbonyl (C=O) groups is 2. The summed E-state index contributed by atoms with van der Waals surface area (Å²) in [7, 11) is 1.63. The van der Waals surface area contributed by atoms with Crippen LogP contribution in [0.5, 0.6) is 0 Å². The first-order valence-corrected chi connectivity index (χ1v) is 7.82. The first-order valence-electron chi connectivity index (χ1n) is 7.82. The lowest BCUT2D eigenvalue weighted by atomic mass is 9.85. The molecule has 0 atom stereocenters. The SMILES string of the molecule is COCCCC(=O)NC1CC(N(CC(=O)O)CC2CC2)C1. The quantitative estimate of drug-likeness (QED) is 0.585. The molecule has 2 N–H and O–H groups in total. The molecule has 0 unspecified atom stereocenters. The zero-order valence-corrected chi connectivity index (χ0v) is 12.7. The molecule has 2 aliphatic carbocycles. The molecule has 120 valence electrons. The van der Waals surface area contributed by atoms with Gasteiger partial charge in [-0.3, -0.25) is 14.5 Å². The zero-order valence-electron chi connectivity index (χ0n) is 12.7. The largest absolute Gasteiger partial charge is 0.480 e. The average Bonchev–Trinajstić information content (AvgIpc) is 3.16. The Labute approximate surface area is 125 Å². The zero-order chi connectivity index (χ0) is 15.2. The molecule has 0 aromatic carbocycles. The van der Waals surface area contributed by atoms with E-state index in [4.69, 9.17) is 9.84 Å². The molecular weight excluding hydrogens is 272 g/mol. The van der Waals surface area contributed by atoms with Crippen molar-refractivity contribution in [2.75, 3.05) is 26.8 Å². The normalized spacial score (nSPS) is 24.7. The molecule has 21 heavy (non-hydrogen) atoms. The van der Waals surface area contributed by atoms with E-state index in [2.05, 4.69) is 10.2 Å². The van der Waals surface area contributed by atoms with Gasteiger partial charge in [0.2, 0.25) is 5.91 Å². The predicted octanol–water partition coefficient (Wildman–Crippen LogP) is 0.857. The van der Waals surface area contributed by atoms with Crippen LogP contribution in [0.1, 0.15) is 38.5 Å². The summed E-state index contributed by atoms with van der Waals surface area (Å²) in [5.41, 5.74) is 0. The van der Waals surface area contributed by atoms with Gasteiger partial charge in [-0.25, -0.2) is 0 Å². The van der Waals surface area contributed by atoms with Crippen molar-refractivity contribution in [3.8, 4) is 0 Å². The van der Waals surface area contributed by atoms with E-state index in [-0.39, 0.29) is 18.5 Å². The summed E-state index contributed by atoms with van der Waals surface area (Å²) in [6.45, 7) is 1.62. The number of hydrogen-bond acceptors (Lipinski definition) is 4. The minimum absolute atomic E-state index is 0.0717. The van der Waals surface area contributed by atoms with Crippen LogP contribution in [-0.2, 0) is 14.3 Å². The molecule has 6 heteroatoms. The van der Waals surface area contributed by atoms with Gasteiger partial charge in [-0.05, 0) is 38.0 Å². The smallest absolute Gasteiger partial charge is 0.317 e. The van der Waals surface area contributed by atoms with Gasteiger partial charge >= 0.3 is 5.97 Å².